The van der Waals surface area contributed by atoms with Gasteiger partial charge in [-0.25, -0.2) is 0 Å². The fourth-order valence-corrected chi connectivity index (χ4v) is 3.88. The SMILES string of the molecule is CC(C)(C)C1CCC(CN)(C(O)c2cccc(Cl)c2)CC1. The van der Waals surface area contributed by atoms with Gasteiger partial charge in [0.05, 0.1) is 6.10 Å². The summed E-state index contributed by atoms with van der Waals surface area (Å²) in [6.45, 7) is 7.44. The Morgan fingerprint density at radius 2 is 1.95 bits per heavy atom. The second kappa shape index (κ2) is 6.28. The molecule has 118 valence electrons. The molecule has 3 N–H and O–H groups in total. The Bertz CT molecular complexity index is 472. The van der Waals surface area contributed by atoms with Crippen LogP contribution in [0.3, 0.4) is 0 Å². The third-order valence-corrected chi connectivity index (χ3v) is 5.59. The minimum atomic E-state index is -0.526. The fourth-order valence-electron chi connectivity index (χ4n) is 3.68. The van der Waals surface area contributed by atoms with Gasteiger partial charge in [-0.15, -0.1) is 0 Å². The van der Waals surface area contributed by atoms with E-state index in [1.807, 2.05) is 24.3 Å². The van der Waals surface area contributed by atoms with Crippen LogP contribution in [0, 0.1) is 16.7 Å². The number of aliphatic hydroxyl groups is 1. The highest BCUT2D eigenvalue weighted by Crippen LogP contribution is 2.50. The van der Waals surface area contributed by atoms with Gasteiger partial charge >= 0.3 is 0 Å². The second-order valence-corrected chi connectivity index (χ2v) is 8.10. The van der Waals surface area contributed by atoms with Crippen molar-refractivity contribution in [1.82, 2.24) is 0 Å². The van der Waals surface area contributed by atoms with E-state index in [9.17, 15) is 5.11 Å². The molecule has 0 saturated heterocycles. The van der Waals surface area contributed by atoms with Gasteiger partial charge in [-0.2, -0.15) is 0 Å². The maximum absolute atomic E-state index is 10.9. The predicted octanol–water partition coefficient (Wildman–Crippen LogP) is 4.55. The maximum atomic E-state index is 10.9. The molecule has 1 aliphatic rings. The summed E-state index contributed by atoms with van der Waals surface area (Å²) in [5.41, 5.74) is 7.10. The third kappa shape index (κ3) is 3.61. The topological polar surface area (TPSA) is 46.2 Å². The van der Waals surface area contributed by atoms with E-state index < -0.39 is 6.10 Å². The van der Waals surface area contributed by atoms with Crippen LogP contribution < -0.4 is 5.73 Å². The predicted molar refractivity (Wildman–Crippen MR) is 89.3 cm³/mol. The number of nitrogens with two attached hydrogens (primary N) is 1. The lowest BCUT2D eigenvalue weighted by Gasteiger charge is -2.46. The van der Waals surface area contributed by atoms with Crippen LogP contribution in [0.15, 0.2) is 24.3 Å². The molecule has 21 heavy (non-hydrogen) atoms. The van der Waals surface area contributed by atoms with Crippen molar-refractivity contribution in [2.45, 2.75) is 52.6 Å². The highest BCUT2D eigenvalue weighted by Gasteiger charge is 2.43. The highest BCUT2D eigenvalue weighted by atomic mass is 35.5. The van der Waals surface area contributed by atoms with Crippen LogP contribution in [0.4, 0.5) is 0 Å². The zero-order valence-corrected chi connectivity index (χ0v) is 14.2. The van der Waals surface area contributed by atoms with Crippen LogP contribution in [-0.2, 0) is 0 Å². The van der Waals surface area contributed by atoms with Gasteiger partial charge < -0.3 is 10.8 Å². The van der Waals surface area contributed by atoms with Crippen LogP contribution in [0.5, 0.6) is 0 Å². The first-order valence-corrected chi connectivity index (χ1v) is 8.30. The molecule has 1 saturated carbocycles. The smallest absolute Gasteiger partial charge is 0.0858 e. The van der Waals surface area contributed by atoms with Crippen LogP contribution in [0.2, 0.25) is 5.02 Å². The largest absolute Gasteiger partial charge is 0.388 e. The number of aliphatic hydroxyl groups excluding tert-OH is 1. The van der Waals surface area contributed by atoms with Crippen LogP contribution >= 0.6 is 11.6 Å². The summed E-state index contributed by atoms with van der Waals surface area (Å²) >= 11 is 6.06. The van der Waals surface area contributed by atoms with Gasteiger partial charge in [0.1, 0.15) is 0 Å². The molecule has 0 amide bonds. The number of halogens is 1. The third-order valence-electron chi connectivity index (χ3n) is 5.36. The monoisotopic (exact) mass is 309 g/mol. The van der Waals surface area contributed by atoms with E-state index in [-0.39, 0.29) is 5.41 Å². The molecule has 0 aliphatic heterocycles. The molecule has 1 aliphatic carbocycles. The molecule has 1 unspecified atom stereocenters. The van der Waals surface area contributed by atoms with Gasteiger partial charge in [-0.1, -0.05) is 44.5 Å². The first-order chi connectivity index (χ1) is 9.78. The number of benzene rings is 1. The molecule has 1 fully saturated rings. The minimum absolute atomic E-state index is 0.202. The Morgan fingerprint density at radius 1 is 1.33 bits per heavy atom. The van der Waals surface area contributed by atoms with Gasteiger partial charge in [0.2, 0.25) is 0 Å². The standard InChI is InChI=1S/C18H28ClNO/c1-17(2,3)14-7-9-18(12-20,10-8-14)16(21)13-5-4-6-15(19)11-13/h4-6,11,14,16,21H,7-10,12,20H2,1-3H3. The van der Waals surface area contributed by atoms with Crippen LogP contribution in [-0.4, -0.2) is 11.7 Å². The molecule has 2 rings (SSSR count). The molecule has 3 heteroatoms. The molecular weight excluding hydrogens is 282 g/mol. The normalized spacial score (nSPS) is 28.4. The quantitative estimate of drug-likeness (QED) is 0.860. The molecule has 0 spiro atoms. The van der Waals surface area contributed by atoms with Crippen molar-refractivity contribution in [1.29, 1.82) is 0 Å². The van der Waals surface area contributed by atoms with Gasteiger partial charge in [0, 0.05) is 17.0 Å². The van der Waals surface area contributed by atoms with Gasteiger partial charge in [0.25, 0.3) is 0 Å². The van der Waals surface area contributed by atoms with E-state index in [1.54, 1.807) is 0 Å². The second-order valence-electron chi connectivity index (χ2n) is 7.66. The Kier molecular flexibility index (Phi) is 5.02. The minimum Gasteiger partial charge on any atom is -0.388 e. The van der Waals surface area contributed by atoms with Gasteiger partial charge in [-0.05, 0) is 54.7 Å². The number of hydrogen-bond acceptors (Lipinski definition) is 2. The Labute approximate surface area is 133 Å². The lowest BCUT2D eigenvalue weighted by atomic mass is 9.61. The lowest BCUT2D eigenvalue weighted by molar-refractivity contribution is -0.0234. The van der Waals surface area contributed by atoms with E-state index in [0.29, 0.717) is 22.9 Å². The zero-order chi connectivity index (χ0) is 15.7. The van der Waals surface area contributed by atoms with Crippen molar-refractivity contribution in [2.24, 2.45) is 22.5 Å². The summed E-state index contributed by atoms with van der Waals surface area (Å²) in [5, 5.41) is 11.5. The fraction of sp³-hybridized carbons (Fsp3) is 0.667. The van der Waals surface area contributed by atoms with Crippen molar-refractivity contribution >= 4 is 11.6 Å². The molecule has 2 nitrogen and oxygen atoms in total. The summed E-state index contributed by atoms with van der Waals surface area (Å²) in [4.78, 5) is 0. The lowest BCUT2D eigenvalue weighted by Crippen LogP contribution is -2.42. The Balaban J connectivity index is 2.16. The average molecular weight is 310 g/mol. The van der Waals surface area contributed by atoms with E-state index >= 15 is 0 Å². The van der Waals surface area contributed by atoms with Crippen molar-refractivity contribution < 1.29 is 5.11 Å². The molecule has 1 atom stereocenters. The van der Waals surface area contributed by atoms with Crippen molar-refractivity contribution in [3.63, 3.8) is 0 Å². The van der Waals surface area contributed by atoms with E-state index in [2.05, 4.69) is 20.8 Å². The summed E-state index contributed by atoms with van der Waals surface area (Å²) in [6, 6.07) is 7.54. The molecule has 0 bridgehead atoms. The molecule has 1 aromatic carbocycles. The van der Waals surface area contributed by atoms with Gasteiger partial charge in [-0.3, -0.25) is 0 Å². The van der Waals surface area contributed by atoms with Crippen molar-refractivity contribution in [2.75, 3.05) is 6.54 Å². The Morgan fingerprint density at radius 3 is 2.43 bits per heavy atom. The van der Waals surface area contributed by atoms with E-state index in [4.69, 9.17) is 17.3 Å². The van der Waals surface area contributed by atoms with Crippen LogP contribution in [0.1, 0.15) is 58.1 Å². The average Bonchev–Trinajstić information content (AvgIpc) is 2.45. The maximum Gasteiger partial charge on any atom is 0.0858 e. The highest BCUT2D eigenvalue weighted by molar-refractivity contribution is 6.30. The molecule has 0 aromatic heterocycles. The summed E-state index contributed by atoms with van der Waals surface area (Å²) < 4.78 is 0. The number of hydrogen-bond donors (Lipinski definition) is 2. The summed E-state index contributed by atoms with van der Waals surface area (Å²) in [6.07, 6.45) is 3.72. The van der Waals surface area contributed by atoms with Gasteiger partial charge in [0.15, 0.2) is 0 Å². The van der Waals surface area contributed by atoms with E-state index in [1.165, 1.54) is 0 Å². The molecule has 1 aromatic rings. The molecular formula is C18H28ClNO. The van der Waals surface area contributed by atoms with Crippen LogP contribution in [0.25, 0.3) is 0 Å². The number of rotatable bonds is 3. The summed E-state index contributed by atoms with van der Waals surface area (Å²) in [7, 11) is 0. The summed E-state index contributed by atoms with van der Waals surface area (Å²) in [5.74, 6) is 0.712. The zero-order valence-electron chi connectivity index (χ0n) is 13.4. The first kappa shape index (κ1) is 16.8. The Hall–Kier alpha value is -0.570. The molecule has 0 heterocycles. The first-order valence-electron chi connectivity index (χ1n) is 7.92. The van der Waals surface area contributed by atoms with Crippen molar-refractivity contribution in [3.8, 4) is 0 Å². The van der Waals surface area contributed by atoms with Crippen molar-refractivity contribution in [3.05, 3.63) is 34.9 Å². The molecule has 0 radical (unpaired) electrons. The van der Waals surface area contributed by atoms with E-state index in [0.717, 1.165) is 31.2 Å².